The van der Waals surface area contributed by atoms with Gasteiger partial charge >= 0.3 is 11.9 Å². The van der Waals surface area contributed by atoms with Crippen LogP contribution in [0.3, 0.4) is 0 Å². The summed E-state index contributed by atoms with van der Waals surface area (Å²) < 4.78 is 10.5. The first-order valence-corrected chi connectivity index (χ1v) is 7.15. The number of aliphatic carboxylic acids is 1. The number of ether oxygens (including phenoxy) is 2. The molecular formula is C16H22O5. The Morgan fingerprint density at radius 3 is 2.62 bits per heavy atom. The molecule has 5 heteroatoms. The second-order valence-electron chi connectivity index (χ2n) is 4.79. The number of carboxylic acid groups (broad SMARTS) is 1. The molecule has 0 unspecified atom stereocenters. The Bertz CT molecular complexity index is 456. The normalized spacial score (nSPS) is 10.1. The van der Waals surface area contributed by atoms with Crippen molar-refractivity contribution in [3.05, 3.63) is 29.8 Å². The van der Waals surface area contributed by atoms with E-state index in [4.69, 9.17) is 14.6 Å². The summed E-state index contributed by atoms with van der Waals surface area (Å²) in [6.45, 7) is 2.46. The van der Waals surface area contributed by atoms with Crippen LogP contribution in [-0.2, 0) is 20.7 Å². The van der Waals surface area contributed by atoms with Crippen LogP contribution in [0, 0.1) is 0 Å². The topological polar surface area (TPSA) is 72.8 Å². The van der Waals surface area contributed by atoms with E-state index < -0.39 is 5.97 Å². The highest BCUT2D eigenvalue weighted by Gasteiger charge is 2.01. The van der Waals surface area contributed by atoms with Gasteiger partial charge in [0.15, 0.2) is 0 Å². The van der Waals surface area contributed by atoms with Gasteiger partial charge in [0.05, 0.1) is 13.2 Å². The first kappa shape index (κ1) is 17.0. The fourth-order valence-electron chi connectivity index (χ4n) is 1.83. The quantitative estimate of drug-likeness (QED) is 0.530. The Hall–Kier alpha value is -2.04. The number of unbranched alkanes of at least 4 members (excludes halogenated alkanes) is 2. The van der Waals surface area contributed by atoms with Crippen molar-refractivity contribution in [1.82, 2.24) is 0 Å². The van der Waals surface area contributed by atoms with E-state index >= 15 is 0 Å². The van der Waals surface area contributed by atoms with Gasteiger partial charge in [-0.15, -0.1) is 0 Å². The molecule has 0 amide bonds. The Balaban J connectivity index is 2.18. The van der Waals surface area contributed by atoms with Gasteiger partial charge in [-0.2, -0.15) is 0 Å². The Morgan fingerprint density at radius 1 is 1.14 bits per heavy atom. The number of hydrogen-bond donors (Lipinski definition) is 1. The second kappa shape index (κ2) is 9.80. The summed E-state index contributed by atoms with van der Waals surface area (Å²) in [6, 6.07) is 7.51. The van der Waals surface area contributed by atoms with E-state index in [-0.39, 0.29) is 12.4 Å². The molecule has 5 nitrogen and oxygen atoms in total. The summed E-state index contributed by atoms with van der Waals surface area (Å²) >= 11 is 0. The molecule has 0 fully saturated rings. The minimum absolute atomic E-state index is 0.125. The number of carboxylic acids is 1. The number of aryl methyl sites for hydroxylation is 1. The molecule has 0 saturated heterocycles. The lowest BCUT2D eigenvalue weighted by atomic mass is 10.1. The molecule has 0 saturated carbocycles. The van der Waals surface area contributed by atoms with Gasteiger partial charge < -0.3 is 14.6 Å². The van der Waals surface area contributed by atoms with Crippen molar-refractivity contribution in [3.63, 3.8) is 0 Å². The van der Waals surface area contributed by atoms with Gasteiger partial charge in [-0.25, -0.2) is 0 Å². The number of esters is 1. The summed E-state index contributed by atoms with van der Waals surface area (Å²) in [5.74, 6) is -0.281. The number of carbonyl (C=O) groups is 2. The maximum absolute atomic E-state index is 10.6. The Kier molecular flexibility index (Phi) is 7.94. The molecule has 1 aromatic carbocycles. The van der Waals surface area contributed by atoms with E-state index in [9.17, 15) is 9.59 Å². The summed E-state index contributed by atoms with van der Waals surface area (Å²) in [6.07, 6.45) is 3.29. The van der Waals surface area contributed by atoms with Crippen LogP contribution in [0.4, 0.5) is 0 Å². The Labute approximate surface area is 124 Å². The van der Waals surface area contributed by atoms with E-state index in [1.165, 1.54) is 6.92 Å². The number of carbonyl (C=O) groups excluding carboxylic acids is 1. The predicted octanol–water partition coefficient (Wildman–Crippen LogP) is 2.82. The fourth-order valence-corrected chi connectivity index (χ4v) is 1.83. The highest BCUT2D eigenvalue weighted by atomic mass is 16.5. The molecule has 0 spiro atoms. The molecule has 0 aromatic heterocycles. The van der Waals surface area contributed by atoms with E-state index in [0.717, 1.165) is 30.6 Å². The van der Waals surface area contributed by atoms with Crippen molar-refractivity contribution in [2.24, 2.45) is 0 Å². The Morgan fingerprint density at radius 2 is 1.90 bits per heavy atom. The monoisotopic (exact) mass is 294 g/mol. The average molecular weight is 294 g/mol. The lowest BCUT2D eigenvalue weighted by molar-refractivity contribution is -0.141. The maximum atomic E-state index is 10.6. The minimum atomic E-state index is -0.797. The van der Waals surface area contributed by atoms with Crippen molar-refractivity contribution in [2.75, 3.05) is 13.2 Å². The van der Waals surface area contributed by atoms with Gasteiger partial charge in [0.1, 0.15) is 5.75 Å². The van der Waals surface area contributed by atoms with Gasteiger partial charge in [-0.1, -0.05) is 12.1 Å². The van der Waals surface area contributed by atoms with Crippen molar-refractivity contribution < 1.29 is 24.2 Å². The summed E-state index contributed by atoms with van der Waals surface area (Å²) in [4.78, 5) is 21.1. The van der Waals surface area contributed by atoms with E-state index in [2.05, 4.69) is 0 Å². The van der Waals surface area contributed by atoms with Gasteiger partial charge in [0.25, 0.3) is 0 Å². The van der Waals surface area contributed by atoms with Gasteiger partial charge in [0.2, 0.25) is 0 Å². The van der Waals surface area contributed by atoms with Gasteiger partial charge in [-0.05, 0) is 43.4 Å². The minimum Gasteiger partial charge on any atom is -0.494 e. The molecule has 0 bridgehead atoms. The lowest BCUT2D eigenvalue weighted by Gasteiger charge is -2.08. The van der Waals surface area contributed by atoms with Crippen molar-refractivity contribution in [1.29, 1.82) is 0 Å². The molecule has 1 aromatic rings. The van der Waals surface area contributed by atoms with Crippen LogP contribution in [-0.4, -0.2) is 30.3 Å². The molecule has 0 aliphatic carbocycles. The van der Waals surface area contributed by atoms with E-state index in [0.29, 0.717) is 19.6 Å². The number of rotatable bonds is 10. The predicted molar refractivity (Wildman–Crippen MR) is 78.4 cm³/mol. The highest BCUT2D eigenvalue weighted by molar-refractivity contribution is 5.67. The molecule has 0 heterocycles. The molecule has 116 valence electrons. The van der Waals surface area contributed by atoms with Crippen LogP contribution in [0.1, 0.15) is 38.2 Å². The zero-order valence-electron chi connectivity index (χ0n) is 12.3. The van der Waals surface area contributed by atoms with Crippen LogP contribution in [0.25, 0.3) is 0 Å². The van der Waals surface area contributed by atoms with Crippen LogP contribution < -0.4 is 4.74 Å². The molecule has 1 N–H and O–H groups in total. The third kappa shape index (κ3) is 8.68. The first-order valence-electron chi connectivity index (χ1n) is 7.15. The van der Waals surface area contributed by atoms with Crippen molar-refractivity contribution in [2.45, 2.75) is 39.0 Å². The third-order valence-electron chi connectivity index (χ3n) is 2.89. The first-order chi connectivity index (χ1) is 10.1. The summed E-state index contributed by atoms with van der Waals surface area (Å²) in [7, 11) is 0. The smallest absolute Gasteiger partial charge is 0.303 e. The van der Waals surface area contributed by atoms with Gasteiger partial charge in [-0.3, -0.25) is 9.59 Å². The zero-order chi connectivity index (χ0) is 15.5. The lowest BCUT2D eigenvalue weighted by Crippen LogP contribution is -2.02. The second-order valence-corrected chi connectivity index (χ2v) is 4.79. The van der Waals surface area contributed by atoms with Crippen LogP contribution in [0.15, 0.2) is 24.3 Å². The fraction of sp³-hybridized carbons (Fsp3) is 0.500. The summed E-state index contributed by atoms with van der Waals surface area (Å²) in [5, 5.41) is 8.66. The van der Waals surface area contributed by atoms with Crippen molar-refractivity contribution in [3.8, 4) is 5.75 Å². The standard InChI is InChI=1S/C16H22O5/c1-13(17)20-10-3-2-4-11-21-15-7-5-6-14(12-15)8-9-16(18)19/h5-7,12H,2-4,8-11H2,1H3,(H,18,19). The molecule has 0 aliphatic rings. The van der Waals surface area contributed by atoms with Crippen molar-refractivity contribution >= 4 is 11.9 Å². The number of benzene rings is 1. The summed E-state index contributed by atoms with van der Waals surface area (Å²) in [5.41, 5.74) is 0.963. The van der Waals surface area contributed by atoms with E-state index in [1.807, 2.05) is 24.3 Å². The average Bonchev–Trinajstić information content (AvgIpc) is 2.44. The molecule has 0 radical (unpaired) electrons. The molecular weight excluding hydrogens is 272 g/mol. The molecule has 1 rings (SSSR count). The van der Waals surface area contributed by atoms with Crippen LogP contribution in [0.5, 0.6) is 5.75 Å². The highest BCUT2D eigenvalue weighted by Crippen LogP contribution is 2.15. The largest absolute Gasteiger partial charge is 0.494 e. The molecule has 21 heavy (non-hydrogen) atoms. The zero-order valence-corrected chi connectivity index (χ0v) is 12.3. The molecule has 0 atom stereocenters. The number of hydrogen-bond acceptors (Lipinski definition) is 4. The SMILES string of the molecule is CC(=O)OCCCCCOc1cccc(CCC(=O)O)c1. The third-order valence-corrected chi connectivity index (χ3v) is 2.89. The maximum Gasteiger partial charge on any atom is 0.303 e. The van der Waals surface area contributed by atoms with Crippen LogP contribution in [0.2, 0.25) is 0 Å². The van der Waals surface area contributed by atoms with E-state index in [1.54, 1.807) is 0 Å². The van der Waals surface area contributed by atoms with Crippen LogP contribution >= 0.6 is 0 Å². The van der Waals surface area contributed by atoms with Gasteiger partial charge in [0, 0.05) is 13.3 Å². The molecule has 0 aliphatic heterocycles.